The molecule has 0 aromatic rings. The first-order valence-electron chi connectivity index (χ1n) is 7.27. The van der Waals surface area contributed by atoms with Crippen LogP contribution < -0.4 is 5.32 Å². The van der Waals surface area contributed by atoms with Crippen LogP contribution in [0.5, 0.6) is 0 Å². The summed E-state index contributed by atoms with van der Waals surface area (Å²) in [5, 5.41) is 12.2. The van der Waals surface area contributed by atoms with Crippen molar-refractivity contribution in [3.8, 4) is 0 Å². The number of amides is 1. The second-order valence-corrected chi connectivity index (χ2v) is 7.18. The zero-order chi connectivity index (χ0) is 14.3. The van der Waals surface area contributed by atoms with Crippen molar-refractivity contribution in [1.29, 1.82) is 0 Å². The van der Waals surface area contributed by atoms with Crippen LogP contribution in [0.3, 0.4) is 0 Å². The monoisotopic (exact) mass is 297 g/mol. The summed E-state index contributed by atoms with van der Waals surface area (Å²) in [5.74, 6) is -1.04. The first-order chi connectivity index (χ1) is 9.58. The molecule has 6 heteroatoms. The third-order valence-electron chi connectivity index (χ3n) is 5.06. The zero-order valence-electron chi connectivity index (χ0n) is 11.2. The Labute approximate surface area is 121 Å². The highest BCUT2D eigenvalue weighted by molar-refractivity contribution is 8.14. The van der Waals surface area contributed by atoms with Crippen molar-refractivity contribution in [2.24, 2.45) is 23.7 Å². The van der Waals surface area contributed by atoms with Gasteiger partial charge >= 0.3 is 5.97 Å². The lowest BCUT2D eigenvalue weighted by Crippen LogP contribution is -2.53. The van der Waals surface area contributed by atoms with Gasteiger partial charge in [-0.15, -0.1) is 0 Å². The molecule has 3 atom stereocenters. The number of fused-ring (bicyclic) bond motifs is 3. The van der Waals surface area contributed by atoms with Gasteiger partial charge in [0, 0.05) is 5.75 Å². The standard InChI is InChI=1S/C14H19NO4S/c16-12(15-9-5-6-20-14(9)19)10-7-1-3-8(4-2-7)11(10)13(17)18/h7-11H,1-6H2,(H,15,16)(H,17,18)/t7?,8?,9-,10+,11+/m0/s1. The van der Waals surface area contributed by atoms with Crippen molar-refractivity contribution in [3.63, 3.8) is 0 Å². The zero-order valence-corrected chi connectivity index (χ0v) is 12.0. The minimum absolute atomic E-state index is 0.00574. The molecule has 5 nitrogen and oxygen atoms in total. The van der Waals surface area contributed by atoms with Crippen LogP contribution in [0.1, 0.15) is 32.1 Å². The van der Waals surface area contributed by atoms with E-state index in [4.69, 9.17) is 0 Å². The molecule has 0 spiro atoms. The van der Waals surface area contributed by atoms with Crippen molar-refractivity contribution in [1.82, 2.24) is 5.32 Å². The molecule has 1 amide bonds. The number of aliphatic carboxylic acids is 1. The first kappa shape index (κ1) is 13.9. The van der Waals surface area contributed by atoms with Crippen LogP contribution in [-0.4, -0.2) is 33.9 Å². The summed E-state index contributed by atoms with van der Waals surface area (Å²) in [6.07, 6.45) is 4.39. The largest absolute Gasteiger partial charge is 0.481 e. The molecule has 4 aliphatic rings. The van der Waals surface area contributed by atoms with Crippen LogP contribution in [0.4, 0.5) is 0 Å². The summed E-state index contributed by atoms with van der Waals surface area (Å²) in [5.41, 5.74) is 0. The van der Waals surface area contributed by atoms with Gasteiger partial charge in [0.25, 0.3) is 0 Å². The first-order valence-corrected chi connectivity index (χ1v) is 8.26. The molecule has 4 rings (SSSR count). The molecule has 20 heavy (non-hydrogen) atoms. The van der Waals surface area contributed by atoms with E-state index in [0.29, 0.717) is 6.42 Å². The van der Waals surface area contributed by atoms with Crippen molar-refractivity contribution in [2.45, 2.75) is 38.1 Å². The Hall–Kier alpha value is -1.04. The molecule has 0 aromatic carbocycles. The van der Waals surface area contributed by atoms with Gasteiger partial charge in [0.15, 0.2) is 0 Å². The molecule has 0 unspecified atom stereocenters. The predicted octanol–water partition coefficient (Wildman–Crippen LogP) is 1.27. The van der Waals surface area contributed by atoms with Crippen LogP contribution in [0.15, 0.2) is 0 Å². The maximum absolute atomic E-state index is 12.5. The summed E-state index contributed by atoms with van der Waals surface area (Å²) in [6, 6.07) is -0.414. The van der Waals surface area contributed by atoms with Gasteiger partial charge in [-0.1, -0.05) is 11.8 Å². The number of hydrogen-bond acceptors (Lipinski definition) is 4. The van der Waals surface area contributed by atoms with Gasteiger partial charge in [0.1, 0.15) is 0 Å². The Balaban J connectivity index is 1.74. The quantitative estimate of drug-likeness (QED) is 0.819. The third kappa shape index (κ3) is 2.34. The average molecular weight is 297 g/mol. The highest BCUT2D eigenvalue weighted by atomic mass is 32.2. The van der Waals surface area contributed by atoms with Crippen molar-refractivity contribution in [2.75, 3.05) is 5.75 Å². The number of rotatable bonds is 3. The fourth-order valence-corrected chi connectivity index (χ4v) is 5.01. The molecule has 110 valence electrons. The van der Waals surface area contributed by atoms with Crippen LogP contribution >= 0.6 is 11.8 Å². The number of carboxylic acids is 1. The summed E-state index contributed by atoms with van der Waals surface area (Å²) >= 11 is 1.25. The van der Waals surface area contributed by atoms with Gasteiger partial charge in [-0.05, 0) is 43.9 Å². The molecule has 1 heterocycles. The lowest BCUT2D eigenvalue weighted by atomic mass is 9.58. The van der Waals surface area contributed by atoms with Crippen molar-refractivity contribution in [3.05, 3.63) is 0 Å². The highest BCUT2D eigenvalue weighted by Gasteiger charge is 2.50. The van der Waals surface area contributed by atoms with E-state index in [1.54, 1.807) is 0 Å². The van der Waals surface area contributed by atoms with Gasteiger partial charge in [0.05, 0.1) is 17.9 Å². The SMILES string of the molecule is O=C1SCC[C@@H]1NC(=O)[C@@H]1C2CCC(CC2)[C@H]1C(=O)O. The highest BCUT2D eigenvalue weighted by Crippen LogP contribution is 2.49. The van der Waals surface area contributed by atoms with E-state index >= 15 is 0 Å². The lowest BCUT2D eigenvalue weighted by molar-refractivity contribution is -0.158. The summed E-state index contributed by atoms with van der Waals surface area (Å²) in [7, 11) is 0. The minimum atomic E-state index is -0.855. The Kier molecular flexibility index (Phi) is 3.75. The average Bonchev–Trinajstić information content (AvgIpc) is 2.84. The lowest BCUT2D eigenvalue weighted by Gasteiger charge is -2.46. The number of carbonyl (C=O) groups excluding carboxylic acids is 2. The molecule has 3 saturated carbocycles. The maximum atomic E-state index is 12.5. The second-order valence-electron chi connectivity index (χ2n) is 6.08. The minimum Gasteiger partial charge on any atom is -0.481 e. The third-order valence-corrected chi connectivity index (χ3v) is 6.07. The van der Waals surface area contributed by atoms with E-state index in [-0.39, 0.29) is 22.9 Å². The normalized spacial score (nSPS) is 39.8. The maximum Gasteiger partial charge on any atom is 0.307 e. The predicted molar refractivity (Wildman–Crippen MR) is 74.1 cm³/mol. The Morgan fingerprint density at radius 2 is 1.65 bits per heavy atom. The van der Waals surface area contributed by atoms with E-state index in [9.17, 15) is 19.5 Å². The molecule has 4 fully saturated rings. The van der Waals surface area contributed by atoms with E-state index < -0.39 is 23.8 Å². The molecule has 3 aliphatic carbocycles. The van der Waals surface area contributed by atoms with Gasteiger partial charge in [-0.25, -0.2) is 0 Å². The van der Waals surface area contributed by atoms with E-state index in [2.05, 4.69) is 5.32 Å². The van der Waals surface area contributed by atoms with Gasteiger partial charge < -0.3 is 10.4 Å². The number of carboxylic acid groups (broad SMARTS) is 1. The molecule has 0 radical (unpaired) electrons. The molecular formula is C14H19NO4S. The molecule has 2 N–H and O–H groups in total. The van der Waals surface area contributed by atoms with Crippen LogP contribution in [0.2, 0.25) is 0 Å². The fourth-order valence-electron chi connectivity index (χ4n) is 4.08. The van der Waals surface area contributed by atoms with Crippen LogP contribution in [0, 0.1) is 23.7 Å². The van der Waals surface area contributed by atoms with Crippen LogP contribution in [0.25, 0.3) is 0 Å². The number of carbonyl (C=O) groups is 3. The molecule has 0 aromatic heterocycles. The van der Waals surface area contributed by atoms with Gasteiger partial charge in [0.2, 0.25) is 11.0 Å². The molecule has 1 saturated heterocycles. The van der Waals surface area contributed by atoms with Gasteiger partial charge in [-0.3, -0.25) is 14.4 Å². The Morgan fingerprint density at radius 3 is 2.15 bits per heavy atom. The fraction of sp³-hybridized carbons (Fsp3) is 0.786. The number of nitrogens with one attached hydrogen (secondary N) is 1. The van der Waals surface area contributed by atoms with E-state index in [0.717, 1.165) is 31.4 Å². The Bertz CT molecular complexity index is 444. The summed E-state index contributed by atoms with van der Waals surface area (Å²) in [6.45, 7) is 0. The molecule has 2 bridgehead atoms. The van der Waals surface area contributed by atoms with Crippen molar-refractivity contribution >= 4 is 28.8 Å². The summed E-state index contributed by atoms with van der Waals surface area (Å²) < 4.78 is 0. The topological polar surface area (TPSA) is 83.5 Å². The van der Waals surface area contributed by atoms with Crippen LogP contribution in [-0.2, 0) is 14.4 Å². The smallest absolute Gasteiger partial charge is 0.307 e. The van der Waals surface area contributed by atoms with Gasteiger partial charge in [-0.2, -0.15) is 0 Å². The second kappa shape index (κ2) is 5.39. The molecular weight excluding hydrogens is 278 g/mol. The van der Waals surface area contributed by atoms with E-state index in [1.807, 2.05) is 0 Å². The van der Waals surface area contributed by atoms with Crippen molar-refractivity contribution < 1.29 is 19.5 Å². The Morgan fingerprint density at radius 1 is 1.05 bits per heavy atom. The summed E-state index contributed by atoms with van der Waals surface area (Å²) in [4.78, 5) is 35.6. The number of hydrogen-bond donors (Lipinski definition) is 2. The number of thioether (sulfide) groups is 1. The van der Waals surface area contributed by atoms with E-state index in [1.165, 1.54) is 11.8 Å². The molecule has 1 aliphatic heterocycles.